The number of aliphatic hydroxyl groups is 1. The molecule has 0 aliphatic heterocycles. The summed E-state index contributed by atoms with van der Waals surface area (Å²) in [6.45, 7) is 4.38. The summed E-state index contributed by atoms with van der Waals surface area (Å²) < 4.78 is 0. The Bertz CT molecular complexity index is 396. The molecule has 0 bridgehead atoms. The maximum atomic E-state index is 9.02. The lowest BCUT2D eigenvalue weighted by molar-refractivity contribution is 0.466. The van der Waals surface area contributed by atoms with Gasteiger partial charge < -0.3 is 5.11 Å². The smallest absolute Gasteiger partial charge is 0.0823 e. The quantitative estimate of drug-likeness (QED) is 0.183. The molecule has 0 heterocycles. The fraction of sp³-hybridized carbons (Fsp3) is 0.565. The van der Waals surface area contributed by atoms with Crippen LogP contribution in [0, 0.1) is 0 Å². The number of hydrogen-bond acceptors (Lipinski definition) is 1. The number of unbranched alkanes of at least 4 members (excludes halogenated alkanes) is 8. The van der Waals surface area contributed by atoms with E-state index in [0.717, 1.165) is 18.4 Å². The Labute approximate surface area is 150 Å². The van der Waals surface area contributed by atoms with E-state index in [0.29, 0.717) is 0 Å². The molecule has 0 saturated carbocycles. The number of rotatable bonds is 15. The largest absolute Gasteiger partial charge is 0.515 e. The average molecular weight is 331 g/mol. The molecule has 0 aliphatic carbocycles. The SMILES string of the molecule is CCCCCCCCCCC=CC=CC=CC=CC(=CO)CCC. The molecule has 0 rings (SSSR count). The van der Waals surface area contributed by atoms with Gasteiger partial charge in [0.15, 0.2) is 0 Å². The second kappa shape index (κ2) is 19.5. The highest BCUT2D eigenvalue weighted by molar-refractivity contribution is 5.22. The lowest BCUT2D eigenvalue weighted by Gasteiger charge is -1.99. The highest BCUT2D eigenvalue weighted by Crippen LogP contribution is 2.09. The van der Waals surface area contributed by atoms with Crippen LogP contribution >= 0.6 is 0 Å². The van der Waals surface area contributed by atoms with Crippen molar-refractivity contribution in [1.82, 2.24) is 0 Å². The van der Waals surface area contributed by atoms with Crippen molar-refractivity contribution in [2.24, 2.45) is 0 Å². The molecule has 0 fully saturated rings. The van der Waals surface area contributed by atoms with Crippen molar-refractivity contribution < 1.29 is 5.11 Å². The number of aliphatic hydroxyl groups excluding tert-OH is 1. The maximum Gasteiger partial charge on any atom is 0.0823 e. The van der Waals surface area contributed by atoms with Gasteiger partial charge in [-0.15, -0.1) is 0 Å². The normalized spacial score (nSPS) is 13.3. The summed E-state index contributed by atoms with van der Waals surface area (Å²) in [5, 5.41) is 9.02. The molecule has 0 unspecified atom stereocenters. The molecule has 0 aromatic carbocycles. The van der Waals surface area contributed by atoms with E-state index < -0.39 is 0 Å². The average Bonchev–Trinajstić information content (AvgIpc) is 2.60. The van der Waals surface area contributed by atoms with Gasteiger partial charge in [0, 0.05) is 0 Å². The van der Waals surface area contributed by atoms with Gasteiger partial charge in [-0.25, -0.2) is 0 Å². The Balaban J connectivity index is 3.57. The van der Waals surface area contributed by atoms with E-state index in [9.17, 15) is 0 Å². The van der Waals surface area contributed by atoms with Gasteiger partial charge in [0.2, 0.25) is 0 Å². The van der Waals surface area contributed by atoms with E-state index in [1.165, 1.54) is 64.0 Å². The zero-order valence-corrected chi connectivity index (χ0v) is 15.9. The second-order valence-corrected chi connectivity index (χ2v) is 6.27. The standard InChI is InChI=1S/C23H38O/c1-3-5-6-7-8-9-10-11-12-13-14-15-16-17-18-19-21-23(22-24)20-4-2/h13-19,21-22,24H,3-12,20H2,1-2H3. The van der Waals surface area contributed by atoms with Crippen molar-refractivity contribution in [2.45, 2.75) is 84.5 Å². The van der Waals surface area contributed by atoms with Crippen LogP contribution in [0.25, 0.3) is 0 Å². The van der Waals surface area contributed by atoms with Crippen molar-refractivity contribution in [2.75, 3.05) is 0 Å². The van der Waals surface area contributed by atoms with Gasteiger partial charge in [-0.3, -0.25) is 0 Å². The fourth-order valence-electron chi connectivity index (χ4n) is 2.49. The lowest BCUT2D eigenvalue weighted by Crippen LogP contribution is -1.79. The van der Waals surface area contributed by atoms with Crippen LogP contribution in [-0.2, 0) is 0 Å². The first-order chi connectivity index (χ1) is 11.8. The van der Waals surface area contributed by atoms with E-state index in [1.54, 1.807) is 0 Å². The van der Waals surface area contributed by atoms with Crippen LogP contribution in [0.4, 0.5) is 0 Å². The van der Waals surface area contributed by atoms with Crippen LogP contribution in [0.5, 0.6) is 0 Å². The van der Waals surface area contributed by atoms with Gasteiger partial charge in [0.05, 0.1) is 6.26 Å². The summed E-state index contributed by atoms with van der Waals surface area (Å²) in [5.74, 6) is 0. The molecule has 0 aromatic heterocycles. The molecule has 1 heteroatoms. The molecule has 0 spiro atoms. The Kier molecular flexibility index (Phi) is 18.3. The highest BCUT2D eigenvalue weighted by atomic mass is 16.2. The first-order valence-corrected chi connectivity index (χ1v) is 9.84. The van der Waals surface area contributed by atoms with Gasteiger partial charge in [0.1, 0.15) is 0 Å². The molecular formula is C23H38O. The Morgan fingerprint density at radius 1 is 0.667 bits per heavy atom. The van der Waals surface area contributed by atoms with Crippen molar-refractivity contribution >= 4 is 0 Å². The fourth-order valence-corrected chi connectivity index (χ4v) is 2.49. The summed E-state index contributed by atoms with van der Waals surface area (Å²) in [5.41, 5.74) is 0.969. The van der Waals surface area contributed by atoms with Gasteiger partial charge in [0.25, 0.3) is 0 Å². The van der Waals surface area contributed by atoms with Crippen LogP contribution in [0.2, 0.25) is 0 Å². The topological polar surface area (TPSA) is 20.2 Å². The third-order valence-electron chi connectivity index (χ3n) is 3.93. The molecule has 1 nitrogen and oxygen atoms in total. The van der Waals surface area contributed by atoms with Crippen LogP contribution in [0.3, 0.4) is 0 Å². The van der Waals surface area contributed by atoms with Gasteiger partial charge in [-0.1, -0.05) is 114 Å². The van der Waals surface area contributed by atoms with Crippen molar-refractivity contribution in [3.63, 3.8) is 0 Å². The third-order valence-corrected chi connectivity index (χ3v) is 3.93. The van der Waals surface area contributed by atoms with Crippen molar-refractivity contribution in [1.29, 1.82) is 0 Å². The monoisotopic (exact) mass is 330 g/mol. The molecule has 0 atom stereocenters. The van der Waals surface area contributed by atoms with Crippen LogP contribution < -0.4 is 0 Å². The molecule has 1 N–H and O–H groups in total. The zero-order valence-electron chi connectivity index (χ0n) is 15.9. The molecule has 0 radical (unpaired) electrons. The van der Waals surface area contributed by atoms with Gasteiger partial charge in [-0.05, 0) is 24.8 Å². The van der Waals surface area contributed by atoms with Crippen LogP contribution in [-0.4, -0.2) is 5.11 Å². The number of hydrogen-bond donors (Lipinski definition) is 1. The van der Waals surface area contributed by atoms with E-state index >= 15 is 0 Å². The molecule has 24 heavy (non-hydrogen) atoms. The first-order valence-electron chi connectivity index (χ1n) is 9.84. The second-order valence-electron chi connectivity index (χ2n) is 6.27. The molecular weight excluding hydrogens is 292 g/mol. The Hall–Kier alpha value is -1.50. The maximum absolute atomic E-state index is 9.02. The van der Waals surface area contributed by atoms with Crippen molar-refractivity contribution in [3.8, 4) is 0 Å². The van der Waals surface area contributed by atoms with E-state index in [1.807, 2.05) is 30.4 Å². The summed E-state index contributed by atoms with van der Waals surface area (Å²) in [4.78, 5) is 0. The molecule has 0 aliphatic rings. The molecule has 136 valence electrons. The molecule has 0 saturated heterocycles. The van der Waals surface area contributed by atoms with E-state index in [-0.39, 0.29) is 0 Å². The lowest BCUT2D eigenvalue weighted by atomic mass is 10.1. The minimum atomic E-state index is 0.915. The molecule has 0 aromatic rings. The highest BCUT2D eigenvalue weighted by Gasteiger charge is 1.90. The zero-order chi connectivity index (χ0) is 17.7. The number of allylic oxidation sites excluding steroid dienone is 9. The van der Waals surface area contributed by atoms with Gasteiger partial charge >= 0.3 is 0 Å². The van der Waals surface area contributed by atoms with E-state index in [2.05, 4.69) is 32.1 Å². The summed E-state index contributed by atoms with van der Waals surface area (Å²) >= 11 is 0. The Morgan fingerprint density at radius 2 is 1.25 bits per heavy atom. The summed E-state index contributed by atoms with van der Waals surface area (Å²) in [6, 6.07) is 0. The predicted octanol–water partition coefficient (Wildman–Crippen LogP) is 7.98. The van der Waals surface area contributed by atoms with Gasteiger partial charge in [-0.2, -0.15) is 0 Å². The first kappa shape index (κ1) is 22.5. The van der Waals surface area contributed by atoms with Crippen LogP contribution in [0.15, 0.2) is 60.4 Å². The summed E-state index contributed by atoms with van der Waals surface area (Å²) in [6.07, 6.45) is 31.8. The van der Waals surface area contributed by atoms with Crippen molar-refractivity contribution in [3.05, 3.63) is 60.4 Å². The molecule has 0 amide bonds. The Morgan fingerprint density at radius 3 is 1.88 bits per heavy atom. The summed E-state index contributed by atoms with van der Waals surface area (Å²) in [7, 11) is 0. The van der Waals surface area contributed by atoms with Crippen LogP contribution in [0.1, 0.15) is 84.5 Å². The third kappa shape index (κ3) is 16.9. The predicted molar refractivity (Wildman–Crippen MR) is 109 cm³/mol. The minimum Gasteiger partial charge on any atom is -0.515 e. The van der Waals surface area contributed by atoms with E-state index in [4.69, 9.17) is 5.11 Å². The minimum absolute atomic E-state index is 0.915.